The van der Waals surface area contributed by atoms with Gasteiger partial charge in [0.2, 0.25) is 0 Å². The largest absolute Gasteiger partial charge is 0.310 e. The van der Waals surface area contributed by atoms with Crippen LogP contribution in [0.25, 0.3) is 0 Å². The number of nitrogens with one attached hydrogen (secondary N) is 1. The molecule has 1 aliphatic rings. The van der Waals surface area contributed by atoms with Crippen molar-refractivity contribution < 1.29 is 0 Å². The summed E-state index contributed by atoms with van der Waals surface area (Å²) in [6.07, 6.45) is 5.30. The lowest BCUT2D eigenvalue weighted by atomic mass is 9.75. The molecule has 18 heavy (non-hydrogen) atoms. The summed E-state index contributed by atoms with van der Waals surface area (Å²) in [7, 11) is 0. The van der Waals surface area contributed by atoms with Gasteiger partial charge in [-0.05, 0) is 80.7 Å². The molecule has 0 heterocycles. The Labute approximate surface area is 127 Å². The number of benzene rings is 1. The summed E-state index contributed by atoms with van der Waals surface area (Å²) in [5, 5.41) is 3.69. The average molecular weight is 375 g/mol. The van der Waals surface area contributed by atoms with Crippen LogP contribution in [-0.2, 0) is 6.54 Å². The van der Waals surface area contributed by atoms with E-state index in [-0.39, 0.29) is 0 Å². The molecule has 1 fully saturated rings. The van der Waals surface area contributed by atoms with Gasteiger partial charge in [-0.1, -0.05) is 19.9 Å². The van der Waals surface area contributed by atoms with Crippen molar-refractivity contribution >= 4 is 31.9 Å². The van der Waals surface area contributed by atoms with Crippen molar-refractivity contribution in [3.63, 3.8) is 0 Å². The summed E-state index contributed by atoms with van der Waals surface area (Å²) in [6, 6.07) is 7.16. The average Bonchev–Trinajstić information content (AvgIpc) is 2.32. The Kier molecular flexibility index (Phi) is 4.90. The van der Waals surface area contributed by atoms with Crippen LogP contribution in [0.2, 0.25) is 0 Å². The third-order valence-electron chi connectivity index (χ3n) is 3.92. The lowest BCUT2D eigenvalue weighted by Crippen LogP contribution is -2.35. The van der Waals surface area contributed by atoms with Gasteiger partial charge >= 0.3 is 0 Å². The minimum absolute atomic E-state index is 0.554. The summed E-state index contributed by atoms with van der Waals surface area (Å²) in [6.45, 7) is 5.74. The highest BCUT2D eigenvalue weighted by Crippen LogP contribution is 2.35. The quantitative estimate of drug-likeness (QED) is 0.759. The molecule has 3 heteroatoms. The maximum absolute atomic E-state index is 3.69. The molecule has 0 bridgehead atoms. The first-order valence-electron chi connectivity index (χ1n) is 6.64. The third-order valence-corrected chi connectivity index (χ3v) is 5.80. The molecule has 1 aromatic carbocycles. The van der Waals surface area contributed by atoms with Crippen LogP contribution in [0.5, 0.6) is 0 Å². The molecule has 0 aliphatic heterocycles. The Bertz CT molecular complexity index is 405. The van der Waals surface area contributed by atoms with Crippen molar-refractivity contribution in [2.24, 2.45) is 5.41 Å². The fourth-order valence-electron chi connectivity index (χ4n) is 2.52. The Hall–Kier alpha value is 0.140. The lowest BCUT2D eigenvalue weighted by molar-refractivity contribution is 0.206. The molecule has 0 radical (unpaired) electrons. The van der Waals surface area contributed by atoms with Gasteiger partial charge in [0.1, 0.15) is 0 Å². The molecular weight excluding hydrogens is 354 g/mol. The second-order valence-electron chi connectivity index (χ2n) is 6.07. The molecule has 1 saturated carbocycles. The van der Waals surface area contributed by atoms with Gasteiger partial charge in [0.15, 0.2) is 0 Å². The van der Waals surface area contributed by atoms with E-state index in [9.17, 15) is 0 Å². The Morgan fingerprint density at radius 1 is 1.17 bits per heavy atom. The summed E-state index contributed by atoms with van der Waals surface area (Å²) < 4.78 is 2.25. The summed E-state index contributed by atoms with van der Waals surface area (Å²) in [5.41, 5.74) is 1.90. The first-order valence-corrected chi connectivity index (χ1v) is 8.22. The van der Waals surface area contributed by atoms with Crippen LogP contribution in [0.4, 0.5) is 0 Å². The van der Waals surface area contributed by atoms with E-state index in [1.165, 1.54) is 31.2 Å². The predicted octanol–water partition coefficient (Wildman–Crippen LogP) is 5.27. The standard InChI is InChI=1S/C15H21Br2N/c1-15(2)7-5-12(6-8-15)18-10-11-3-4-13(16)14(17)9-11/h3-4,9,12,18H,5-8,10H2,1-2H3. The monoisotopic (exact) mass is 373 g/mol. The van der Waals surface area contributed by atoms with E-state index in [1.54, 1.807) is 0 Å². The molecule has 0 aromatic heterocycles. The van der Waals surface area contributed by atoms with Crippen LogP contribution in [0.15, 0.2) is 27.1 Å². The van der Waals surface area contributed by atoms with Gasteiger partial charge in [0.25, 0.3) is 0 Å². The molecule has 1 aromatic rings. The number of hydrogen-bond donors (Lipinski definition) is 1. The van der Waals surface area contributed by atoms with E-state index in [4.69, 9.17) is 0 Å². The Morgan fingerprint density at radius 2 is 1.83 bits per heavy atom. The molecule has 1 N–H and O–H groups in total. The normalized spacial score (nSPS) is 20.0. The molecule has 0 amide bonds. The fourth-order valence-corrected chi connectivity index (χ4v) is 3.19. The van der Waals surface area contributed by atoms with Gasteiger partial charge in [-0.15, -0.1) is 0 Å². The van der Waals surface area contributed by atoms with Crippen LogP contribution in [0.3, 0.4) is 0 Å². The fraction of sp³-hybridized carbons (Fsp3) is 0.600. The minimum atomic E-state index is 0.554. The smallest absolute Gasteiger partial charge is 0.0320 e. The lowest BCUT2D eigenvalue weighted by Gasteiger charge is -2.34. The molecule has 0 spiro atoms. The van der Waals surface area contributed by atoms with E-state index in [2.05, 4.69) is 69.2 Å². The second kappa shape index (κ2) is 6.06. The maximum Gasteiger partial charge on any atom is 0.0320 e. The molecule has 100 valence electrons. The van der Waals surface area contributed by atoms with Crippen molar-refractivity contribution in [2.75, 3.05) is 0 Å². The van der Waals surface area contributed by atoms with Gasteiger partial charge in [0.05, 0.1) is 0 Å². The zero-order valence-corrected chi connectivity index (χ0v) is 14.3. The molecule has 1 nitrogen and oxygen atoms in total. The van der Waals surface area contributed by atoms with Crippen molar-refractivity contribution in [2.45, 2.75) is 52.1 Å². The van der Waals surface area contributed by atoms with Crippen LogP contribution in [0.1, 0.15) is 45.1 Å². The second-order valence-corrected chi connectivity index (χ2v) is 7.78. The maximum atomic E-state index is 3.69. The highest BCUT2D eigenvalue weighted by Gasteiger charge is 2.26. The summed E-state index contributed by atoms with van der Waals surface area (Å²) >= 11 is 7.05. The third kappa shape index (κ3) is 4.07. The Balaban J connectivity index is 1.83. The highest BCUT2D eigenvalue weighted by atomic mass is 79.9. The summed E-state index contributed by atoms with van der Waals surface area (Å²) in [5.74, 6) is 0. The Morgan fingerprint density at radius 3 is 2.44 bits per heavy atom. The zero-order valence-electron chi connectivity index (χ0n) is 11.1. The van der Waals surface area contributed by atoms with E-state index >= 15 is 0 Å². The molecular formula is C15H21Br2N. The summed E-state index contributed by atoms with van der Waals surface area (Å²) in [4.78, 5) is 0. The van der Waals surface area contributed by atoms with Crippen molar-refractivity contribution in [3.8, 4) is 0 Å². The number of halogens is 2. The van der Waals surface area contributed by atoms with Gasteiger partial charge < -0.3 is 5.32 Å². The van der Waals surface area contributed by atoms with E-state index in [1.807, 2.05) is 0 Å². The van der Waals surface area contributed by atoms with E-state index in [0.717, 1.165) is 15.5 Å². The van der Waals surface area contributed by atoms with Gasteiger partial charge in [-0.2, -0.15) is 0 Å². The topological polar surface area (TPSA) is 12.0 Å². The van der Waals surface area contributed by atoms with Crippen molar-refractivity contribution in [1.82, 2.24) is 5.32 Å². The highest BCUT2D eigenvalue weighted by molar-refractivity contribution is 9.13. The SMILES string of the molecule is CC1(C)CCC(NCc2ccc(Br)c(Br)c2)CC1. The van der Waals surface area contributed by atoms with Crippen molar-refractivity contribution in [3.05, 3.63) is 32.7 Å². The number of rotatable bonds is 3. The van der Waals surface area contributed by atoms with E-state index in [0.29, 0.717) is 11.5 Å². The minimum Gasteiger partial charge on any atom is -0.310 e. The van der Waals surface area contributed by atoms with Crippen LogP contribution >= 0.6 is 31.9 Å². The van der Waals surface area contributed by atoms with Gasteiger partial charge in [0, 0.05) is 21.5 Å². The van der Waals surface area contributed by atoms with E-state index < -0.39 is 0 Å². The first-order chi connectivity index (χ1) is 8.46. The van der Waals surface area contributed by atoms with Gasteiger partial charge in [-0.25, -0.2) is 0 Å². The predicted molar refractivity (Wildman–Crippen MR) is 84.7 cm³/mol. The van der Waals surface area contributed by atoms with Crippen molar-refractivity contribution in [1.29, 1.82) is 0 Å². The first kappa shape index (κ1) is 14.5. The molecule has 2 rings (SSSR count). The van der Waals surface area contributed by atoms with Crippen LogP contribution in [0, 0.1) is 5.41 Å². The number of hydrogen-bond acceptors (Lipinski definition) is 1. The molecule has 0 atom stereocenters. The molecule has 1 aliphatic carbocycles. The van der Waals surface area contributed by atoms with Gasteiger partial charge in [-0.3, -0.25) is 0 Å². The zero-order chi connectivity index (χ0) is 13.2. The van der Waals surface area contributed by atoms with Crippen LogP contribution < -0.4 is 5.32 Å². The van der Waals surface area contributed by atoms with Crippen LogP contribution in [-0.4, -0.2) is 6.04 Å². The molecule has 0 unspecified atom stereocenters. The molecule has 0 saturated heterocycles.